The van der Waals surface area contributed by atoms with Gasteiger partial charge in [0.2, 0.25) is 0 Å². The average molecular weight is 403 g/mol. The van der Waals surface area contributed by atoms with Gasteiger partial charge in [-0.25, -0.2) is 9.59 Å². The molecule has 158 valence electrons. The quantitative estimate of drug-likeness (QED) is 0.645. The number of esters is 1. The van der Waals surface area contributed by atoms with Gasteiger partial charge in [0, 0.05) is 25.4 Å². The highest BCUT2D eigenvalue weighted by molar-refractivity contribution is 5.95. The second-order valence-electron chi connectivity index (χ2n) is 7.25. The summed E-state index contributed by atoms with van der Waals surface area (Å²) < 4.78 is 16.2. The van der Waals surface area contributed by atoms with E-state index in [0.29, 0.717) is 23.6 Å². The number of amides is 2. The molecule has 2 N–H and O–H groups in total. The minimum absolute atomic E-state index is 0.182. The highest BCUT2D eigenvalue weighted by atomic mass is 16.5. The predicted octanol–water partition coefficient (Wildman–Crippen LogP) is 1.98. The number of urea groups is 1. The molecule has 8 nitrogen and oxygen atoms in total. The summed E-state index contributed by atoms with van der Waals surface area (Å²) in [6.07, 6.45) is 2.27. The van der Waals surface area contributed by atoms with E-state index < -0.39 is 12.0 Å². The number of rotatable bonds is 8. The van der Waals surface area contributed by atoms with Crippen molar-refractivity contribution in [2.45, 2.75) is 31.9 Å². The Bertz CT molecular complexity index is 756. The summed E-state index contributed by atoms with van der Waals surface area (Å²) in [5.74, 6) is 0.258. The molecule has 0 spiro atoms. The number of hydrogen-bond acceptors (Lipinski definition) is 6. The summed E-state index contributed by atoms with van der Waals surface area (Å²) in [5, 5.41) is 5.65. The van der Waals surface area contributed by atoms with Crippen molar-refractivity contribution in [3.05, 3.63) is 41.1 Å². The van der Waals surface area contributed by atoms with Gasteiger partial charge in [0.1, 0.15) is 5.75 Å². The van der Waals surface area contributed by atoms with Crippen molar-refractivity contribution < 1.29 is 23.8 Å². The Balaban J connectivity index is 1.89. The van der Waals surface area contributed by atoms with E-state index in [9.17, 15) is 9.59 Å². The molecule has 8 heteroatoms. The summed E-state index contributed by atoms with van der Waals surface area (Å²) >= 11 is 0. The number of ether oxygens (including phenoxy) is 3. The van der Waals surface area contributed by atoms with Crippen molar-refractivity contribution in [2.24, 2.45) is 0 Å². The summed E-state index contributed by atoms with van der Waals surface area (Å²) in [6.45, 7) is 3.95. The Labute approximate surface area is 171 Å². The highest BCUT2D eigenvalue weighted by Gasteiger charge is 2.34. The fourth-order valence-electron chi connectivity index (χ4n) is 3.71. The normalized spacial score (nSPS) is 21.7. The minimum Gasteiger partial charge on any atom is -0.497 e. The van der Waals surface area contributed by atoms with E-state index in [0.717, 1.165) is 31.6 Å². The topological polar surface area (TPSA) is 89.1 Å². The Morgan fingerprint density at radius 3 is 2.69 bits per heavy atom. The van der Waals surface area contributed by atoms with Crippen LogP contribution in [-0.4, -0.2) is 63.5 Å². The summed E-state index contributed by atoms with van der Waals surface area (Å²) in [5.41, 5.74) is 1.74. The van der Waals surface area contributed by atoms with Crippen LogP contribution in [-0.2, 0) is 14.3 Å². The number of carbonyl (C=O) groups excluding carboxylic acids is 2. The summed E-state index contributed by atoms with van der Waals surface area (Å²) in [7, 11) is 3.54. The number of likely N-dealkylation sites (N-methyl/N-ethyl adjacent to an activating group) is 1. The van der Waals surface area contributed by atoms with Crippen LogP contribution in [0.1, 0.15) is 31.4 Å². The molecule has 0 aliphatic carbocycles. The first-order valence-corrected chi connectivity index (χ1v) is 9.93. The molecular weight excluding hydrogens is 374 g/mol. The third-order valence-electron chi connectivity index (χ3n) is 5.07. The van der Waals surface area contributed by atoms with Crippen molar-refractivity contribution in [2.75, 3.05) is 40.5 Å². The SMILES string of the molecule is CCOC(=O)C1=C(CN(C)CC2CCCO2)NC(=O)NC1c1ccc(OC)cc1. The molecule has 2 aliphatic heterocycles. The Hall–Kier alpha value is -2.58. The molecule has 1 aromatic rings. The molecule has 2 unspecified atom stereocenters. The fourth-order valence-corrected chi connectivity index (χ4v) is 3.71. The van der Waals surface area contributed by atoms with Crippen molar-refractivity contribution >= 4 is 12.0 Å². The van der Waals surface area contributed by atoms with Gasteiger partial charge < -0.3 is 24.8 Å². The molecule has 0 bridgehead atoms. The van der Waals surface area contributed by atoms with E-state index in [1.165, 1.54) is 0 Å². The van der Waals surface area contributed by atoms with Gasteiger partial charge in [0.05, 0.1) is 31.4 Å². The molecule has 2 amide bonds. The van der Waals surface area contributed by atoms with Crippen molar-refractivity contribution in [3.63, 3.8) is 0 Å². The first-order valence-electron chi connectivity index (χ1n) is 9.93. The van der Waals surface area contributed by atoms with Gasteiger partial charge in [0.25, 0.3) is 0 Å². The summed E-state index contributed by atoms with van der Waals surface area (Å²) in [6, 6.07) is 6.33. The molecule has 1 fully saturated rings. The zero-order chi connectivity index (χ0) is 20.8. The lowest BCUT2D eigenvalue weighted by Crippen LogP contribution is -2.48. The number of nitrogens with one attached hydrogen (secondary N) is 2. The van der Waals surface area contributed by atoms with Gasteiger partial charge in [0.15, 0.2) is 0 Å². The molecule has 3 rings (SSSR count). The average Bonchev–Trinajstić information content (AvgIpc) is 3.20. The lowest BCUT2D eigenvalue weighted by atomic mass is 9.95. The molecule has 0 aromatic heterocycles. The third-order valence-corrected chi connectivity index (χ3v) is 5.07. The van der Waals surface area contributed by atoms with Gasteiger partial charge in [-0.15, -0.1) is 0 Å². The van der Waals surface area contributed by atoms with E-state index in [-0.39, 0.29) is 18.7 Å². The van der Waals surface area contributed by atoms with E-state index in [1.54, 1.807) is 26.2 Å². The highest BCUT2D eigenvalue weighted by Crippen LogP contribution is 2.29. The second kappa shape index (κ2) is 9.76. The fraction of sp³-hybridized carbons (Fsp3) is 0.524. The molecule has 1 saturated heterocycles. The molecule has 1 aromatic carbocycles. The van der Waals surface area contributed by atoms with Crippen LogP contribution in [0.3, 0.4) is 0 Å². The number of carbonyl (C=O) groups is 2. The zero-order valence-electron chi connectivity index (χ0n) is 17.2. The van der Waals surface area contributed by atoms with Crippen molar-refractivity contribution in [1.29, 1.82) is 0 Å². The molecule has 29 heavy (non-hydrogen) atoms. The van der Waals surface area contributed by atoms with Crippen LogP contribution in [0.4, 0.5) is 4.79 Å². The first kappa shape index (κ1) is 21.1. The van der Waals surface area contributed by atoms with Gasteiger partial charge in [-0.05, 0) is 44.5 Å². The lowest BCUT2D eigenvalue weighted by molar-refractivity contribution is -0.139. The zero-order valence-corrected chi connectivity index (χ0v) is 17.2. The Morgan fingerprint density at radius 1 is 1.31 bits per heavy atom. The standard InChI is InChI=1S/C21H29N3O5/c1-4-28-20(25)18-17(13-24(2)12-16-6-5-11-29-16)22-21(26)23-19(18)14-7-9-15(27-3)10-8-14/h7-10,16,19H,4-6,11-13H2,1-3H3,(H2,22,23,26). The third kappa shape index (κ3) is 5.27. The van der Waals surface area contributed by atoms with Crippen LogP contribution in [0.2, 0.25) is 0 Å². The van der Waals surface area contributed by atoms with Crippen LogP contribution < -0.4 is 15.4 Å². The van der Waals surface area contributed by atoms with Crippen LogP contribution in [0.5, 0.6) is 5.75 Å². The van der Waals surface area contributed by atoms with E-state index in [1.807, 2.05) is 19.2 Å². The van der Waals surface area contributed by atoms with Crippen LogP contribution in [0.25, 0.3) is 0 Å². The number of methoxy groups -OCH3 is 1. The Morgan fingerprint density at radius 2 is 2.07 bits per heavy atom. The first-order chi connectivity index (χ1) is 14.0. The molecule has 0 radical (unpaired) electrons. The van der Waals surface area contributed by atoms with E-state index in [4.69, 9.17) is 14.2 Å². The number of benzene rings is 1. The van der Waals surface area contributed by atoms with Crippen LogP contribution >= 0.6 is 0 Å². The number of hydrogen-bond donors (Lipinski definition) is 2. The monoisotopic (exact) mass is 403 g/mol. The molecule has 2 atom stereocenters. The maximum absolute atomic E-state index is 12.8. The lowest BCUT2D eigenvalue weighted by Gasteiger charge is -2.31. The van der Waals surface area contributed by atoms with E-state index in [2.05, 4.69) is 15.5 Å². The minimum atomic E-state index is -0.597. The van der Waals surface area contributed by atoms with Gasteiger partial charge >= 0.3 is 12.0 Å². The van der Waals surface area contributed by atoms with E-state index >= 15 is 0 Å². The van der Waals surface area contributed by atoms with Crippen molar-refractivity contribution in [3.8, 4) is 5.75 Å². The van der Waals surface area contributed by atoms with Crippen molar-refractivity contribution in [1.82, 2.24) is 15.5 Å². The van der Waals surface area contributed by atoms with Gasteiger partial charge in [-0.1, -0.05) is 12.1 Å². The molecular formula is C21H29N3O5. The number of nitrogens with zero attached hydrogens (tertiary/aromatic N) is 1. The van der Waals surface area contributed by atoms with Gasteiger partial charge in [-0.3, -0.25) is 4.90 Å². The van der Waals surface area contributed by atoms with Crippen LogP contribution in [0, 0.1) is 0 Å². The van der Waals surface area contributed by atoms with Gasteiger partial charge in [-0.2, -0.15) is 0 Å². The summed E-state index contributed by atoms with van der Waals surface area (Å²) in [4.78, 5) is 27.2. The maximum atomic E-state index is 12.8. The smallest absolute Gasteiger partial charge is 0.338 e. The second-order valence-corrected chi connectivity index (χ2v) is 7.25. The predicted molar refractivity (Wildman–Crippen MR) is 108 cm³/mol. The largest absolute Gasteiger partial charge is 0.497 e. The molecule has 2 aliphatic rings. The Kier molecular flexibility index (Phi) is 7.11. The maximum Gasteiger partial charge on any atom is 0.338 e. The molecule has 0 saturated carbocycles. The van der Waals surface area contributed by atoms with Crippen LogP contribution in [0.15, 0.2) is 35.5 Å². The molecule has 2 heterocycles.